The largest absolute Gasteiger partial charge is 0.339 e. The summed E-state index contributed by atoms with van der Waals surface area (Å²) in [7, 11) is 0. The van der Waals surface area contributed by atoms with Gasteiger partial charge in [0.15, 0.2) is 5.16 Å². The molecule has 138 valence electrons. The summed E-state index contributed by atoms with van der Waals surface area (Å²) in [6.07, 6.45) is 0.703. The van der Waals surface area contributed by atoms with Crippen molar-refractivity contribution in [2.24, 2.45) is 0 Å². The van der Waals surface area contributed by atoms with E-state index in [1.807, 2.05) is 17.9 Å². The van der Waals surface area contributed by atoms with Gasteiger partial charge in [-0.25, -0.2) is 4.98 Å². The van der Waals surface area contributed by atoms with Crippen molar-refractivity contribution in [3.05, 3.63) is 58.0 Å². The summed E-state index contributed by atoms with van der Waals surface area (Å²) < 4.78 is 0. The molecular formula is C19H24N4O2S. The zero-order valence-corrected chi connectivity index (χ0v) is 15.8. The molecule has 1 aromatic heterocycles. The van der Waals surface area contributed by atoms with Crippen LogP contribution in [0.2, 0.25) is 0 Å². The number of benzene rings is 1. The van der Waals surface area contributed by atoms with Crippen LogP contribution >= 0.6 is 11.8 Å². The number of carbonyl (C=O) groups excluding carboxylic acids is 1. The first-order valence-corrected chi connectivity index (χ1v) is 9.89. The fraction of sp³-hybridized carbons (Fsp3) is 0.421. The molecule has 26 heavy (non-hydrogen) atoms. The standard InChI is InChI=1S/C19H24N4O2S/c1-2-16-12-17(24)21-19(20-16)26-14-18(25)23-10-8-22(9-11-23)13-15-6-4-3-5-7-15/h3-7,12H,2,8-11,13-14H2,1H3,(H,20,21,24). The summed E-state index contributed by atoms with van der Waals surface area (Å²) in [6.45, 7) is 6.12. The Bertz CT molecular complexity index is 786. The molecule has 0 saturated carbocycles. The van der Waals surface area contributed by atoms with Gasteiger partial charge in [0.1, 0.15) is 0 Å². The number of nitrogens with zero attached hydrogens (tertiary/aromatic N) is 3. The Balaban J connectivity index is 1.46. The van der Waals surface area contributed by atoms with Gasteiger partial charge in [0.2, 0.25) is 5.91 Å². The number of hydrogen-bond donors (Lipinski definition) is 1. The Kier molecular flexibility index (Phi) is 6.46. The van der Waals surface area contributed by atoms with Gasteiger partial charge in [-0.15, -0.1) is 0 Å². The van der Waals surface area contributed by atoms with Crippen molar-refractivity contribution in [3.63, 3.8) is 0 Å². The molecule has 0 atom stereocenters. The molecule has 1 fully saturated rings. The second kappa shape index (κ2) is 9.00. The lowest BCUT2D eigenvalue weighted by Gasteiger charge is -2.34. The third-order valence-electron chi connectivity index (χ3n) is 4.44. The molecular weight excluding hydrogens is 348 g/mol. The maximum absolute atomic E-state index is 12.4. The van der Waals surface area contributed by atoms with Crippen LogP contribution in [0.4, 0.5) is 0 Å². The van der Waals surface area contributed by atoms with E-state index in [9.17, 15) is 9.59 Å². The summed E-state index contributed by atoms with van der Waals surface area (Å²) in [5.74, 6) is 0.397. The smallest absolute Gasteiger partial charge is 0.251 e. The zero-order valence-electron chi connectivity index (χ0n) is 15.0. The highest BCUT2D eigenvalue weighted by molar-refractivity contribution is 7.99. The summed E-state index contributed by atoms with van der Waals surface area (Å²) in [4.78, 5) is 35.4. The molecule has 6 nitrogen and oxygen atoms in total. The summed E-state index contributed by atoms with van der Waals surface area (Å²) >= 11 is 1.30. The fourth-order valence-corrected chi connectivity index (χ4v) is 3.75. The molecule has 0 spiro atoms. The van der Waals surface area contributed by atoms with E-state index >= 15 is 0 Å². The Morgan fingerprint density at radius 3 is 2.62 bits per heavy atom. The van der Waals surface area contributed by atoms with Gasteiger partial charge in [0, 0.05) is 44.5 Å². The van der Waals surface area contributed by atoms with Crippen LogP contribution in [-0.4, -0.2) is 57.6 Å². The van der Waals surface area contributed by atoms with Crippen LogP contribution in [0.5, 0.6) is 0 Å². The molecule has 2 heterocycles. The van der Waals surface area contributed by atoms with Gasteiger partial charge < -0.3 is 9.88 Å². The number of hydrogen-bond acceptors (Lipinski definition) is 5. The van der Waals surface area contributed by atoms with Crippen molar-refractivity contribution in [3.8, 4) is 0 Å². The van der Waals surface area contributed by atoms with Crippen molar-refractivity contribution < 1.29 is 4.79 Å². The van der Waals surface area contributed by atoms with Crippen molar-refractivity contribution in [1.82, 2.24) is 19.8 Å². The highest BCUT2D eigenvalue weighted by Gasteiger charge is 2.21. The fourth-order valence-electron chi connectivity index (χ4n) is 2.95. The number of aryl methyl sites for hydroxylation is 1. The van der Waals surface area contributed by atoms with Crippen molar-refractivity contribution in [1.29, 1.82) is 0 Å². The molecule has 0 aliphatic carbocycles. The SMILES string of the molecule is CCc1cc(=O)[nH]c(SCC(=O)N2CCN(Cc3ccccc3)CC2)n1. The van der Waals surface area contributed by atoms with Gasteiger partial charge in [-0.1, -0.05) is 49.0 Å². The number of aromatic nitrogens is 2. The number of rotatable bonds is 6. The average Bonchev–Trinajstić information content (AvgIpc) is 2.67. The van der Waals surface area contributed by atoms with Gasteiger partial charge in [-0.3, -0.25) is 14.5 Å². The van der Waals surface area contributed by atoms with Crippen LogP contribution in [0.1, 0.15) is 18.2 Å². The van der Waals surface area contributed by atoms with Crippen LogP contribution in [-0.2, 0) is 17.8 Å². The van der Waals surface area contributed by atoms with E-state index in [0.29, 0.717) is 17.3 Å². The lowest BCUT2D eigenvalue weighted by Crippen LogP contribution is -2.48. The molecule has 3 rings (SSSR count). The van der Waals surface area contributed by atoms with Crippen LogP contribution in [0.3, 0.4) is 0 Å². The van der Waals surface area contributed by atoms with Crippen LogP contribution < -0.4 is 5.56 Å². The number of thioether (sulfide) groups is 1. The van der Waals surface area contributed by atoms with Crippen molar-refractivity contribution in [2.45, 2.75) is 25.0 Å². The minimum Gasteiger partial charge on any atom is -0.339 e. The van der Waals surface area contributed by atoms with Gasteiger partial charge in [-0.2, -0.15) is 0 Å². The van der Waals surface area contributed by atoms with Crippen LogP contribution in [0, 0.1) is 0 Å². The Morgan fingerprint density at radius 2 is 1.92 bits per heavy atom. The Hall–Kier alpha value is -2.12. The van der Waals surface area contributed by atoms with Gasteiger partial charge in [0.25, 0.3) is 5.56 Å². The molecule has 1 amide bonds. The zero-order chi connectivity index (χ0) is 18.4. The lowest BCUT2D eigenvalue weighted by molar-refractivity contribution is -0.130. The molecule has 2 aromatic rings. The molecule has 0 radical (unpaired) electrons. The molecule has 1 aliphatic heterocycles. The second-order valence-electron chi connectivity index (χ2n) is 6.33. The first-order chi connectivity index (χ1) is 12.6. The van der Waals surface area contributed by atoms with Crippen molar-refractivity contribution >= 4 is 17.7 Å². The first kappa shape index (κ1) is 18.7. The number of aromatic amines is 1. The molecule has 0 bridgehead atoms. The van der Waals surface area contributed by atoms with Crippen molar-refractivity contribution in [2.75, 3.05) is 31.9 Å². The van der Waals surface area contributed by atoms with E-state index in [2.05, 4.69) is 39.1 Å². The monoisotopic (exact) mass is 372 g/mol. The number of nitrogens with one attached hydrogen (secondary N) is 1. The molecule has 0 unspecified atom stereocenters. The van der Waals surface area contributed by atoms with E-state index < -0.39 is 0 Å². The lowest BCUT2D eigenvalue weighted by atomic mass is 10.2. The molecule has 1 aliphatic rings. The van der Waals surface area contributed by atoms with Crippen LogP contribution in [0.25, 0.3) is 0 Å². The minimum absolute atomic E-state index is 0.0962. The summed E-state index contributed by atoms with van der Waals surface area (Å²) in [6, 6.07) is 11.9. The highest BCUT2D eigenvalue weighted by Crippen LogP contribution is 2.14. The molecule has 1 aromatic carbocycles. The topological polar surface area (TPSA) is 69.3 Å². The normalized spacial score (nSPS) is 15.2. The quantitative estimate of drug-likeness (QED) is 0.618. The van der Waals surface area contributed by atoms with E-state index in [1.165, 1.54) is 23.4 Å². The van der Waals surface area contributed by atoms with Crippen LogP contribution in [0.15, 0.2) is 46.3 Å². The predicted molar refractivity (Wildman–Crippen MR) is 103 cm³/mol. The molecule has 1 saturated heterocycles. The number of amides is 1. The first-order valence-electron chi connectivity index (χ1n) is 8.91. The molecule has 1 N–H and O–H groups in total. The summed E-state index contributed by atoms with van der Waals surface area (Å²) in [5.41, 5.74) is 1.88. The minimum atomic E-state index is -0.165. The Morgan fingerprint density at radius 1 is 1.19 bits per heavy atom. The van der Waals surface area contributed by atoms with E-state index in [1.54, 1.807) is 0 Å². The third-order valence-corrected chi connectivity index (χ3v) is 5.30. The number of H-pyrrole nitrogens is 1. The van der Waals surface area contributed by atoms with Gasteiger partial charge >= 0.3 is 0 Å². The van der Waals surface area contributed by atoms with Gasteiger partial charge in [0.05, 0.1) is 5.75 Å². The second-order valence-corrected chi connectivity index (χ2v) is 7.29. The third kappa shape index (κ3) is 5.19. The van der Waals surface area contributed by atoms with E-state index in [0.717, 1.165) is 38.4 Å². The summed E-state index contributed by atoms with van der Waals surface area (Å²) in [5, 5.41) is 0.519. The Labute approximate surface area is 157 Å². The highest BCUT2D eigenvalue weighted by atomic mass is 32.2. The molecule has 7 heteroatoms. The number of piperazine rings is 1. The maximum Gasteiger partial charge on any atom is 0.251 e. The average molecular weight is 372 g/mol. The van der Waals surface area contributed by atoms with E-state index in [-0.39, 0.29) is 11.5 Å². The maximum atomic E-state index is 12.4. The van der Waals surface area contributed by atoms with E-state index in [4.69, 9.17) is 0 Å². The predicted octanol–water partition coefficient (Wildman–Crippen LogP) is 1.77. The number of carbonyl (C=O) groups is 1. The van der Waals surface area contributed by atoms with Gasteiger partial charge in [-0.05, 0) is 12.0 Å².